The van der Waals surface area contributed by atoms with Gasteiger partial charge in [0.15, 0.2) is 0 Å². The Morgan fingerprint density at radius 3 is 2.31 bits per heavy atom. The van der Waals surface area contributed by atoms with Crippen molar-refractivity contribution in [3.8, 4) is 11.1 Å². The molecule has 0 aliphatic rings. The number of hydrogen-bond donors (Lipinski definition) is 1. The largest absolute Gasteiger partial charge is 0.349 e. The van der Waals surface area contributed by atoms with Crippen LogP contribution in [0.25, 0.3) is 22.0 Å². The zero-order chi connectivity index (χ0) is 19.1. The van der Waals surface area contributed by atoms with Crippen LogP contribution in [0.1, 0.15) is 24.3 Å². The average molecular weight is 360 g/mol. The van der Waals surface area contributed by atoms with E-state index >= 15 is 0 Å². The van der Waals surface area contributed by atoms with Crippen molar-refractivity contribution in [3.63, 3.8) is 0 Å². The minimum atomic E-state index is -1.75. The molecule has 0 unspecified atom stereocenters. The fourth-order valence-electron chi connectivity index (χ4n) is 2.50. The molecule has 0 spiro atoms. The number of benzene rings is 2. The number of amides is 1. The molecule has 3 rings (SSSR count). The monoisotopic (exact) mass is 360 g/mol. The van der Waals surface area contributed by atoms with Gasteiger partial charge >= 0.3 is 0 Å². The molecule has 2 aromatic carbocycles. The van der Waals surface area contributed by atoms with Crippen molar-refractivity contribution in [3.05, 3.63) is 66.1 Å². The van der Waals surface area contributed by atoms with Crippen molar-refractivity contribution >= 4 is 16.8 Å². The van der Waals surface area contributed by atoms with Gasteiger partial charge in [-0.25, -0.2) is 18.2 Å². The van der Waals surface area contributed by atoms with Crippen molar-refractivity contribution in [2.45, 2.75) is 19.9 Å². The summed E-state index contributed by atoms with van der Waals surface area (Å²) in [5, 5.41) is 3.76. The van der Waals surface area contributed by atoms with Crippen molar-refractivity contribution in [1.82, 2.24) is 10.3 Å². The van der Waals surface area contributed by atoms with Crippen molar-refractivity contribution in [1.29, 1.82) is 0 Å². The Morgan fingerprint density at radius 1 is 1.04 bits per heavy atom. The number of halogens is 3. The van der Waals surface area contributed by atoms with Crippen molar-refractivity contribution < 1.29 is 18.0 Å². The number of aromatic nitrogens is 1. The fraction of sp³-hybridized carbons (Fsp3) is 0.200. The zero-order valence-electron chi connectivity index (χ0n) is 14.5. The molecule has 0 aliphatic heterocycles. The minimum absolute atomic E-state index is 0.0607. The first-order valence-corrected chi connectivity index (χ1v) is 8.04. The van der Waals surface area contributed by atoms with Gasteiger partial charge < -0.3 is 5.32 Å². The summed E-state index contributed by atoms with van der Waals surface area (Å²) in [6.07, 6.45) is 0. The molecule has 0 atom stereocenters. The molecule has 0 saturated heterocycles. The van der Waals surface area contributed by atoms with E-state index in [0.29, 0.717) is 5.69 Å². The van der Waals surface area contributed by atoms with Gasteiger partial charge in [-0.2, -0.15) is 0 Å². The summed E-state index contributed by atoms with van der Waals surface area (Å²) in [4.78, 5) is 16.5. The Hall–Kier alpha value is -2.89. The summed E-state index contributed by atoms with van der Waals surface area (Å²) in [5.41, 5.74) is 3.01. The van der Waals surface area contributed by atoms with E-state index < -0.39 is 6.93 Å². The van der Waals surface area contributed by atoms with E-state index in [-0.39, 0.29) is 17.8 Å². The number of nitrogens with zero attached hydrogens (tertiary/aromatic N) is 1. The summed E-state index contributed by atoms with van der Waals surface area (Å²) in [7, 11) is 0. The molecular formula is C20H19F3N2O. The molecule has 0 radical (unpaired) electrons. The first-order valence-electron chi connectivity index (χ1n) is 8.04. The van der Waals surface area contributed by atoms with E-state index in [9.17, 15) is 18.0 Å². The third-order valence-electron chi connectivity index (χ3n) is 3.54. The Kier molecular flexibility index (Phi) is 6.72. The maximum atomic E-state index is 13.1. The molecule has 136 valence electrons. The van der Waals surface area contributed by atoms with E-state index in [2.05, 4.69) is 10.3 Å². The Balaban J connectivity index is 0.000000758. The van der Waals surface area contributed by atoms with E-state index in [1.807, 2.05) is 38.1 Å². The average Bonchev–Trinajstić information content (AvgIpc) is 2.61. The van der Waals surface area contributed by atoms with Gasteiger partial charge in [0, 0.05) is 11.4 Å². The van der Waals surface area contributed by atoms with Crippen LogP contribution in [0.4, 0.5) is 13.2 Å². The molecule has 0 saturated carbocycles. The molecule has 6 heteroatoms. The van der Waals surface area contributed by atoms with Gasteiger partial charge in [0.1, 0.15) is 11.5 Å². The lowest BCUT2D eigenvalue weighted by atomic mass is 10.0. The van der Waals surface area contributed by atoms with Gasteiger partial charge in [0.25, 0.3) is 5.91 Å². The second-order valence-electron chi connectivity index (χ2n) is 5.80. The van der Waals surface area contributed by atoms with Crippen LogP contribution in [-0.2, 0) is 0 Å². The summed E-state index contributed by atoms with van der Waals surface area (Å²) < 4.78 is 32.4. The third kappa shape index (κ3) is 4.81. The SMILES string of the molecule is CC(C)NC(=O)c1ccc2c(-c3ccc(F)cc3)cccc2n1.FCF. The summed E-state index contributed by atoms with van der Waals surface area (Å²) in [6, 6.07) is 15.7. The highest BCUT2D eigenvalue weighted by Gasteiger charge is 2.11. The van der Waals surface area contributed by atoms with Crippen LogP contribution in [0.15, 0.2) is 54.6 Å². The topological polar surface area (TPSA) is 42.0 Å². The summed E-state index contributed by atoms with van der Waals surface area (Å²) in [5.74, 6) is -0.450. The van der Waals surface area contributed by atoms with Crippen LogP contribution in [0, 0.1) is 5.82 Å². The highest BCUT2D eigenvalue weighted by atomic mass is 19.3. The maximum absolute atomic E-state index is 13.1. The van der Waals surface area contributed by atoms with Crippen LogP contribution < -0.4 is 5.32 Å². The number of pyridine rings is 1. The van der Waals surface area contributed by atoms with Crippen molar-refractivity contribution in [2.24, 2.45) is 0 Å². The standard InChI is InChI=1S/C19H17FN2O.CH2F2/c1-12(2)21-19(23)18-11-10-16-15(4-3-5-17(16)22-18)13-6-8-14(20)9-7-13;2-1-3/h3-12H,1-2H3,(H,21,23);1H2. The molecule has 1 amide bonds. The van der Waals surface area contributed by atoms with E-state index in [4.69, 9.17) is 0 Å². The van der Waals surface area contributed by atoms with E-state index in [0.717, 1.165) is 22.0 Å². The number of carbonyl (C=O) groups is 1. The molecule has 0 aliphatic carbocycles. The second kappa shape index (κ2) is 8.99. The van der Waals surface area contributed by atoms with Crippen LogP contribution in [-0.4, -0.2) is 23.9 Å². The molecule has 1 N–H and O–H groups in total. The van der Waals surface area contributed by atoms with Gasteiger partial charge in [-0.15, -0.1) is 0 Å². The molecule has 1 heterocycles. The normalized spacial score (nSPS) is 10.4. The Labute approximate surface area is 149 Å². The minimum Gasteiger partial charge on any atom is -0.349 e. The maximum Gasteiger partial charge on any atom is 0.270 e. The third-order valence-corrected chi connectivity index (χ3v) is 3.54. The molecule has 1 aromatic heterocycles. The summed E-state index contributed by atoms with van der Waals surface area (Å²) >= 11 is 0. The fourth-order valence-corrected chi connectivity index (χ4v) is 2.50. The Bertz CT molecular complexity index is 880. The molecular weight excluding hydrogens is 341 g/mol. The van der Waals surface area contributed by atoms with E-state index in [1.54, 1.807) is 18.2 Å². The quantitative estimate of drug-likeness (QED) is 0.709. The van der Waals surface area contributed by atoms with Gasteiger partial charge in [0.2, 0.25) is 6.93 Å². The first-order chi connectivity index (χ1) is 12.5. The smallest absolute Gasteiger partial charge is 0.270 e. The number of nitrogens with one attached hydrogen (secondary N) is 1. The lowest BCUT2D eigenvalue weighted by Gasteiger charge is -2.10. The molecule has 0 fully saturated rings. The number of alkyl halides is 2. The first kappa shape index (κ1) is 19.4. The lowest BCUT2D eigenvalue weighted by molar-refractivity contribution is 0.0938. The number of hydrogen-bond acceptors (Lipinski definition) is 2. The zero-order valence-corrected chi connectivity index (χ0v) is 14.5. The molecule has 3 nitrogen and oxygen atoms in total. The van der Waals surface area contributed by atoms with Crippen LogP contribution in [0.5, 0.6) is 0 Å². The summed E-state index contributed by atoms with van der Waals surface area (Å²) in [6.45, 7) is 2.07. The Morgan fingerprint density at radius 2 is 1.69 bits per heavy atom. The second-order valence-corrected chi connectivity index (χ2v) is 5.80. The predicted octanol–water partition coefficient (Wildman–Crippen LogP) is 5.06. The number of carbonyl (C=O) groups excluding carboxylic acids is 1. The van der Waals surface area contributed by atoms with E-state index in [1.165, 1.54) is 12.1 Å². The van der Waals surface area contributed by atoms with Gasteiger partial charge in [-0.1, -0.05) is 24.3 Å². The number of fused-ring (bicyclic) bond motifs is 1. The van der Waals surface area contributed by atoms with Crippen LogP contribution in [0.3, 0.4) is 0 Å². The van der Waals surface area contributed by atoms with Gasteiger partial charge in [-0.05, 0) is 55.3 Å². The van der Waals surface area contributed by atoms with Crippen LogP contribution >= 0.6 is 0 Å². The molecule has 0 bridgehead atoms. The van der Waals surface area contributed by atoms with Crippen LogP contribution in [0.2, 0.25) is 0 Å². The van der Waals surface area contributed by atoms with Gasteiger partial charge in [-0.3, -0.25) is 4.79 Å². The number of rotatable bonds is 3. The molecule has 26 heavy (non-hydrogen) atoms. The lowest BCUT2D eigenvalue weighted by Crippen LogP contribution is -2.30. The van der Waals surface area contributed by atoms with Gasteiger partial charge in [0.05, 0.1) is 5.52 Å². The predicted molar refractivity (Wildman–Crippen MR) is 96.8 cm³/mol. The highest BCUT2D eigenvalue weighted by Crippen LogP contribution is 2.28. The molecule has 3 aromatic rings. The highest BCUT2D eigenvalue weighted by molar-refractivity contribution is 5.99. The van der Waals surface area contributed by atoms with Crippen molar-refractivity contribution in [2.75, 3.05) is 6.93 Å².